The summed E-state index contributed by atoms with van der Waals surface area (Å²) >= 11 is 7.23. The summed E-state index contributed by atoms with van der Waals surface area (Å²) in [5, 5.41) is 4.82. The maximum atomic E-state index is 13.1. The molecule has 7 nitrogen and oxygen atoms in total. The summed E-state index contributed by atoms with van der Waals surface area (Å²) in [5.74, 6) is 0.229. The van der Waals surface area contributed by atoms with Crippen molar-refractivity contribution in [2.24, 2.45) is 0 Å². The van der Waals surface area contributed by atoms with Crippen LogP contribution in [0, 0.1) is 0 Å². The third-order valence-corrected chi connectivity index (χ3v) is 5.29. The van der Waals surface area contributed by atoms with Gasteiger partial charge in [-0.25, -0.2) is 9.36 Å². The molecule has 0 aliphatic rings. The normalized spacial score (nSPS) is 11.0. The van der Waals surface area contributed by atoms with E-state index in [0.29, 0.717) is 26.7 Å². The number of hydrogen-bond acceptors (Lipinski definition) is 5. The van der Waals surface area contributed by atoms with E-state index in [1.165, 1.54) is 28.2 Å². The summed E-state index contributed by atoms with van der Waals surface area (Å²) in [5.41, 5.74) is -0.273. The number of hydrogen-bond donors (Lipinski definition) is 1. The Kier molecular flexibility index (Phi) is 4.89. The quantitative estimate of drug-likeness (QED) is 0.543. The molecular weight excluding hydrogens is 402 g/mol. The van der Waals surface area contributed by atoms with E-state index in [1.807, 2.05) is 0 Å². The number of benzene rings is 1. The molecule has 3 heterocycles. The monoisotopic (exact) mass is 415 g/mol. The molecule has 0 unspecified atom stereocenters. The van der Waals surface area contributed by atoms with Gasteiger partial charge in [0.05, 0.1) is 24.0 Å². The van der Waals surface area contributed by atoms with Crippen molar-refractivity contribution in [1.29, 1.82) is 0 Å². The standard InChI is InChI=1S/C19H14ClN3O4S/c20-12-3-1-4-13(9-12)23-18(25)17-15(6-8-28-17)22(19(23)26)11-16(24)21-10-14-5-2-7-27-14/h1-9H,10-11H2,(H,21,24). The van der Waals surface area contributed by atoms with Gasteiger partial charge in [0.2, 0.25) is 5.91 Å². The molecule has 0 radical (unpaired) electrons. The highest BCUT2D eigenvalue weighted by atomic mass is 35.5. The second-order valence-electron chi connectivity index (χ2n) is 5.98. The van der Waals surface area contributed by atoms with Crippen LogP contribution in [0.5, 0.6) is 0 Å². The lowest BCUT2D eigenvalue weighted by atomic mass is 10.3. The number of rotatable bonds is 5. The number of halogens is 1. The van der Waals surface area contributed by atoms with E-state index in [4.69, 9.17) is 16.0 Å². The van der Waals surface area contributed by atoms with Crippen molar-refractivity contribution in [1.82, 2.24) is 14.5 Å². The van der Waals surface area contributed by atoms with Gasteiger partial charge in [-0.2, -0.15) is 0 Å². The molecule has 0 atom stereocenters. The van der Waals surface area contributed by atoms with Crippen molar-refractivity contribution in [2.45, 2.75) is 13.1 Å². The van der Waals surface area contributed by atoms with Crippen molar-refractivity contribution >= 4 is 39.1 Å². The van der Waals surface area contributed by atoms with E-state index in [2.05, 4.69) is 5.32 Å². The number of nitrogens with one attached hydrogen (secondary N) is 1. The molecule has 4 aromatic rings. The fraction of sp³-hybridized carbons (Fsp3) is 0.105. The van der Waals surface area contributed by atoms with Gasteiger partial charge in [0, 0.05) is 5.02 Å². The molecule has 0 saturated heterocycles. The minimum atomic E-state index is -0.605. The number of carbonyl (C=O) groups excluding carboxylic acids is 1. The van der Waals surface area contributed by atoms with Gasteiger partial charge in [-0.3, -0.25) is 14.2 Å². The Morgan fingerprint density at radius 1 is 1.18 bits per heavy atom. The zero-order valence-electron chi connectivity index (χ0n) is 14.4. The van der Waals surface area contributed by atoms with E-state index < -0.39 is 11.2 Å². The minimum Gasteiger partial charge on any atom is -0.467 e. The molecule has 1 N–H and O–H groups in total. The van der Waals surface area contributed by atoms with E-state index in [0.717, 1.165) is 4.57 Å². The van der Waals surface area contributed by atoms with E-state index in [-0.39, 0.29) is 19.0 Å². The van der Waals surface area contributed by atoms with Crippen LogP contribution in [0.2, 0.25) is 5.02 Å². The smallest absolute Gasteiger partial charge is 0.336 e. The van der Waals surface area contributed by atoms with Gasteiger partial charge in [-0.05, 0) is 41.8 Å². The van der Waals surface area contributed by atoms with Gasteiger partial charge < -0.3 is 9.73 Å². The first-order valence-electron chi connectivity index (χ1n) is 8.32. The summed E-state index contributed by atoms with van der Waals surface area (Å²) in [6, 6.07) is 11.6. The number of furan rings is 1. The Hall–Kier alpha value is -3.10. The van der Waals surface area contributed by atoms with Crippen LogP contribution in [-0.4, -0.2) is 15.0 Å². The Morgan fingerprint density at radius 3 is 2.79 bits per heavy atom. The lowest BCUT2D eigenvalue weighted by Crippen LogP contribution is -2.41. The van der Waals surface area contributed by atoms with Gasteiger partial charge in [0.25, 0.3) is 5.56 Å². The van der Waals surface area contributed by atoms with Crippen LogP contribution in [-0.2, 0) is 17.9 Å². The number of amides is 1. The Balaban J connectivity index is 1.75. The minimum absolute atomic E-state index is 0.210. The molecule has 9 heteroatoms. The van der Waals surface area contributed by atoms with Gasteiger partial charge in [0.15, 0.2) is 0 Å². The number of aromatic nitrogens is 2. The number of nitrogens with zero attached hydrogens (tertiary/aromatic N) is 2. The summed E-state index contributed by atoms with van der Waals surface area (Å²) in [4.78, 5) is 38.3. The summed E-state index contributed by atoms with van der Waals surface area (Å²) in [6.45, 7) is -0.0189. The molecular formula is C19H14ClN3O4S. The summed E-state index contributed by atoms with van der Waals surface area (Å²) < 4.78 is 7.88. The van der Waals surface area contributed by atoms with Crippen molar-refractivity contribution < 1.29 is 9.21 Å². The molecule has 0 fully saturated rings. The fourth-order valence-corrected chi connectivity index (χ4v) is 3.89. The highest BCUT2D eigenvalue weighted by Gasteiger charge is 2.17. The number of fused-ring (bicyclic) bond motifs is 1. The third kappa shape index (κ3) is 3.39. The van der Waals surface area contributed by atoms with Crippen molar-refractivity contribution in [3.8, 4) is 5.69 Å². The van der Waals surface area contributed by atoms with E-state index >= 15 is 0 Å². The zero-order chi connectivity index (χ0) is 19.7. The Morgan fingerprint density at radius 2 is 2.04 bits per heavy atom. The molecule has 0 spiro atoms. The molecule has 0 aliphatic heterocycles. The van der Waals surface area contributed by atoms with Gasteiger partial charge in [-0.15, -0.1) is 11.3 Å². The molecule has 0 aliphatic carbocycles. The fourth-order valence-electron chi connectivity index (χ4n) is 2.88. The average Bonchev–Trinajstić information content (AvgIpc) is 3.35. The molecule has 142 valence electrons. The van der Waals surface area contributed by atoms with Gasteiger partial charge in [-0.1, -0.05) is 17.7 Å². The van der Waals surface area contributed by atoms with Crippen LogP contribution < -0.4 is 16.6 Å². The Bertz CT molecular complexity index is 1270. The van der Waals surface area contributed by atoms with Crippen molar-refractivity contribution in [3.05, 3.63) is 85.7 Å². The maximum Gasteiger partial charge on any atom is 0.336 e. The molecule has 28 heavy (non-hydrogen) atoms. The summed E-state index contributed by atoms with van der Waals surface area (Å²) in [6.07, 6.45) is 1.52. The molecule has 3 aromatic heterocycles. The van der Waals surface area contributed by atoms with Crippen LogP contribution in [0.4, 0.5) is 0 Å². The largest absolute Gasteiger partial charge is 0.467 e. The van der Waals surface area contributed by atoms with E-state index in [9.17, 15) is 14.4 Å². The van der Waals surface area contributed by atoms with Crippen LogP contribution in [0.3, 0.4) is 0 Å². The predicted octanol–water partition coefficient (Wildman–Crippen LogP) is 2.78. The molecule has 0 saturated carbocycles. The Labute approximate surface area is 167 Å². The second kappa shape index (κ2) is 7.49. The first-order valence-corrected chi connectivity index (χ1v) is 9.58. The highest BCUT2D eigenvalue weighted by molar-refractivity contribution is 7.17. The molecule has 0 bridgehead atoms. The first kappa shape index (κ1) is 18.3. The highest BCUT2D eigenvalue weighted by Crippen LogP contribution is 2.17. The van der Waals surface area contributed by atoms with Crippen LogP contribution in [0.25, 0.3) is 15.9 Å². The molecule has 1 aromatic carbocycles. The lowest BCUT2D eigenvalue weighted by molar-refractivity contribution is -0.121. The number of thiophene rings is 1. The second-order valence-corrected chi connectivity index (χ2v) is 7.33. The van der Waals surface area contributed by atoms with Crippen LogP contribution >= 0.6 is 22.9 Å². The number of carbonyl (C=O) groups is 1. The topological polar surface area (TPSA) is 86.2 Å². The third-order valence-electron chi connectivity index (χ3n) is 4.16. The maximum absolute atomic E-state index is 13.1. The predicted molar refractivity (Wildman–Crippen MR) is 107 cm³/mol. The van der Waals surface area contributed by atoms with Crippen molar-refractivity contribution in [2.75, 3.05) is 0 Å². The molecule has 4 rings (SSSR count). The zero-order valence-corrected chi connectivity index (χ0v) is 16.0. The first-order chi connectivity index (χ1) is 13.5. The van der Waals surface area contributed by atoms with Gasteiger partial charge in [0.1, 0.15) is 17.0 Å². The van der Waals surface area contributed by atoms with Crippen molar-refractivity contribution in [3.63, 3.8) is 0 Å². The SMILES string of the molecule is O=C(Cn1c(=O)n(-c2cccc(Cl)c2)c(=O)c2sccc21)NCc1ccco1. The summed E-state index contributed by atoms with van der Waals surface area (Å²) in [7, 11) is 0. The molecule has 1 amide bonds. The van der Waals surface area contributed by atoms with E-state index in [1.54, 1.807) is 41.8 Å². The van der Waals surface area contributed by atoms with Crippen LogP contribution in [0.1, 0.15) is 5.76 Å². The van der Waals surface area contributed by atoms with Gasteiger partial charge >= 0.3 is 5.69 Å². The average molecular weight is 416 g/mol. The lowest BCUT2D eigenvalue weighted by Gasteiger charge is -2.12. The van der Waals surface area contributed by atoms with Crippen LogP contribution in [0.15, 0.2) is 68.1 Å².